The number of hydrogen-bond donors (Lipinski definition) is 0. The van der Waals surface area contributed by atoms with E-state index in [0.29, 0.717) is 12.5 Å². The number of piperidine rings is 1. The van der Waals surface area contributed by atoms with Crippen LogP contribution < -0.4 is 4.74 Å². The second-order valence-electron chi connectivity index (χ2n) is 6.92. The van der Waals surface area contributed by atoms with Gasteiger partial charge in [-0.3, -0.25) is 4.79 Å². The molecule has 0 bridgehead atoms. The number of aromatic nitrogens is 1. The van der Waals surface area contributed by atoms with Crippen LogP contribution in [0.2, 0.25) is 0 Å². The van der Waals surface area contributed by atoms with E-state index >= 15 is 0 Å². The highest BCUT2D eigenvalue weighted by atomic mass is 32.1. The predicted molar refractivity (Wildman–Crippen MR) is 96.0 cm³/mol. The van der Waals surface area contributed by atoms with Crippen LogP contribution in [0.4, 0.5) is 0 Å². The van der Waals surface area contributed by atoms with E-state index in [1.54, 1.807) is 17.5 Å². The fourth-order valence-electron chi connectivity index (χ4n) is 3.71. The molecule has 2 aliphatic heterocycles. The van der Waals surface area contributed by atoms with Gasteiger partial charge in [0.25, 0.3) is 5.91 Å². The minimum absolute atomic E-state index is 0.112. The summed E-state index contributed by atoms with van der Waals surface area (Å²) in [5.74, 6) is 0.799. The minimum atomic E-state index is 0.112. The Balaban J connectivity index is 1.28. The number of thiophene rings is 1. The van der Waals surface area contributed by atoms with E-state index in [4.69, 9.17) is 9.47 Å². The van der Waals surface area contributed by atoms with Gasteiger partial charge in [-0.05, 0) is 42.2 Å². The van der Waals surface area contributed by atoms with E-state index in [1.807, 2.05) is 39.9 Å². The fraction of sp³-hybridized carbons (Fsp3) is 0.474. The molecule has 1 amide bonds. The lowest BCUT2D eigenvalue weighted by Gasteiger charge is -2.38. The van der Waals surface area contributed by atoms with Gasteiger partial charge in [0.1, 0.15) is 6.61 Å². The van der Waals surface area contributed by atoms with Crippen LogP contribution in [0.5, 0.6) is 5.88 Å². The number of carbonyl (C=O) groups excluding carboxylic acids is 1. The normalized spacial score (nSPS) is 22.2. The van der Waals surface area contributed by atoms with Crippen LogP contribution in [0.15, 0.2) is 41.2 Å². The molecule has 0 unspecified atom stereocenters. The minimum Gasteiger partial charge on any atom is -0.475 e. The lowest BCUT2D eigenvalue weighted by molar-refractivity contribution is 0.0423. The molecule has 2 fully saturated rings. The standard InChI is InChI=1S/C19H22N2O3S/c22-18(15-4-10-25-13-15)21-8-5-19(6-9-21)11-16(24-14-19)12-23-17-3-1-2-7-20-17/h1-4,7,10,13,16H,5-6,8-9,11-12,14H2/t16-/m1/s1. The highest BCUT2D eigenvalue weighted by Crippen LogP contribution is 2.42. The van der Waals surface area contributed by atoms with Crippen LogP contribution in [0.1, 0.15) is 29.6 Å². The van der Waals surface area contributed by atoms with Crippen LogP contribution in [0.3, 0.4) is 0 Å². The topological polar surface area (TPSA) is 51.7 Å². The van der Waals surface area contributed by atoms with Gasteiger partial charge in [0.05, 0.1) is 18.3 Å². The molecule has 0 aliphatic carbocycles. The van der Waals surface area contributed by atoms with Gasteiger partial charge in [-0.15, -0.1) is 0 Å². The van der Waals surface area contributed by atoms with Crippen LogP contribution in [0.25, 0.3) is 0 Å². The molecule has 4 heterocycles. The van der Waals surface area contributed by atoms with Crippen molar-refractivity contribution in [2.24, 2.45) is 5.41 Å². The van der Waals surface area contributed by atoms with E-state index in [9.17, 15) is 4.79 Å². The zero-order chi connectivity index (χ0) is 17.1. The van der Waals surface area contributed by atoms with Crippen molar-refractivity contribution in [2.45, 2.75) is 25.4 Å². The van der Waals surface area contributed by atoms with Crippen LogP contribution in [0, 0.1) is 5.41 Å². The molecule has 1 spiro atoms. The monoisotopic (exact) mass is 358 g/mol. The number of carbonyl (C=O) groups is 1. The predicted octanol–water partition coefficient (Wildman–Crippen LogP) is 3.23. The van der Waals surface area contributed by atoms with Crippen molar-refractivity contribution in [1.82, 2.24) is 9.88 Å². The summed E-state index contributed by atoms with van der Waals surface area (Å²) < 4.78 is 11.7. The highest BCUT2D eigenvalue weighted by molar-refractivity contribution is 7.08. The zero-order valence-electron chi connectivity index (χ0n) is 14.1. The molecule has 0 radical (unpaired) electrons. The summed E-state index contributed by atoms with van der Waals surface area (Å²) in [6.45, 7) is 2.93. The van der Waals surface area contributed by atoms with Crippen LogP contribution >= 0.6 is 11.3 Å². The average Bonchev–Trinajstić information content (AvgIpc) is 3.32. The van der Waals surface area contributed by atoms with Crippen molar-refractivity contribution in [3.63, 3.8) is 0 Å². The highest BCUT2D eigenvalue weighted by Gasteiger charge is 2.43. The van der Waals surface area contributed by atoms with Gasteiger partial charge in [0, 0.05) is 30.7 Å². The number of hydrogen-bond acceptors (Lipinski definition) is 5. The van der Waals surface area contributed by atoms with Gasteiger partial charge in [0.2, 0.25) is 5.88 Å². The van der Waals surface area contributed by atoms with Crippen molar-refractivity contribution in [3.05, 3.63) is 46.8 Å². The maximum absolute atomic E-state index is 12.5. The first kappa shape index (κ1) is 16.5. The van der Waals surface area contributed by atoms with Gasteiger partial charge in [-0.25, -0.2) is 4.98 Å². The van der Waals surface area contributed by atoms with E-state index in [-0.39, 0.29) is 17.4 Å². The van der Waals surface area contributed by atoms with E-state index in [2.05, 4.69) is 4.98 Å². The third-order valence-corrected chi connectivity index (χ3v) is 5.90. The molecule has 1 atom stereocenters. The Bertz CT molecular complexity index is 697. The maximum Gasteiger partial charge on any atom is 0.254 e. The Morgan fingerprint density at radius 3 is 2.96 bits per heavy atom. The second-order valence-corrected chi connectivity index (χ2v) is 7.70. The van der Waals surface area contributed by atoms with E-state index in [0.717, 1.165) is 44.5 Å². The molecule has 2 saturated heterocycles. The summed E-state index contributed by atoms with van der Waals surface area (Å²) in [6.07, 6.45) is 4.85. The van der Waals surface area contributed by atoms with Crippen molar-refractivity contribution in [3.8, 4) is 5.88 Å². The Morgan fingerprint density at radius 2 is 2.24 bits per heavy atom. The quantitative estimate of drug-likeness (QED) is 0.842. The molecule has 0 N–H and O–H groups in total. The molecular weight excluding hydrogens is 336 g/mol. The lowest BCUT2D eigenvalue weighted by Crippen LogP contribution is -2.43. The Labute approximate surface area is 151 Å². The van der Waals surface area contributed by atoms with Gasteiger partial charge in [-0.1, -0.05) is 6.07 Å². The summed E-state index contributed by atoms with van der Waals surface area (Å²) in [7, 11) is 0. The number of rotatable bonds is 4. The molecule has 2 aliphatic rings. The number of nitrogens with zero attached hydrogens (tertiary/aromatic N) is 2. The Kier molecular flexibility index (Phi) is 4.72. The fourth-order valence-corrected chi connectivity index (χ4v) is 4.34. The lowest BCUT2D eigenvalue weighted by atomic mass is 9.76. The molecule has 2 aromatic rings. The molecule has 5 nitrogen and oxygen atoms in total. The van der Waals surface area contributed by atoms with Gasteiger partial charge >= 0.3 is 0 Å². The molecule has 0 saturated carbocycles. The largest absolute Gasteiger partial charge is 0.475 e. The molecule has 4 rings (SSSR count). The summed E-state index contributed by atoms with van der Waals surface area (Å²) in [5.41, 5.74) is 1.01. The summed E-state index contributed by atoms with van der Waals surface area (Å²) in [6, 6.07) is 7.55. The van der Waals surface area contributed by atoms with Gasteiger partial charge in [0.15, 0.2) is 0 Å². The summed E-state index contributed by atoms with van der Waals surface area (Å²) in [5, 5.41) is 3.88. The average molecular weight is 358 g/mol. The zero-order valence-corrected chi connectivity index (χ0v) is 14.9. The van der Waals surface area contributed by atoms with Crippen molar-refractivity contribution in [1.29, 1.82) is 0 Å². The SMILES string of the molecule is O=C(c1ccsc1)N1CCC2(CC1)CO[C@@H](COc1ccccn1)C2. The number of pyridine rings is 1. The number of ether oxygens (including phenoxy) is 2. The van der Waals surface area contributed by atoms with Gasteiger partial charge in [-0.2, -0.15) is 11.3 Å². The Hall–Kier alpha value is -1.92. The smallest absolute Gasteiger partial charge is 0.254 e. The molecule has 25 heavy (non-hydrogen) atoms. The number of amides is 1. The van der Waals surface area contributed by atoms with E-state index in [1.165, 1.54) is 0 Å². The second kappa shape index (κ2) is 7.14. The van der Waals surface area contributed by atoms with Gasteiger partial charge < -0.3 is 14.4 Å². The Morgan fingerprint density at radius 1 is 1.36 bits per heavy atom. The molecular formula is C19H22N2O3S. The summed E-state index contributed by atoms with van der Waals surface area (Å²) in [4.78, 5) is 18.6. The van der Waals surface area contributed by atoms with Crippen LogP contribution in [-0.4, -0.2) is 48.2 Å². The van der Waals surface area contributed by atoms with Crippen molar-refractivity contribution < 1.29 is 14.3 Å². The molecule has 6 heteroatoms. The first-order valence-electron chi connectivity index (χ1n) is 8.71. The van der Waals surface area contributed by atoms with Crippen molar-refractivity contribution in [2.75, 3.05) is 26.3 Å². The molecule has 132 valence electrons. The third kappa shape index (κ3) is 3.70. The first-order chi connectivity index (χ1) is 12.2. The maximum atomic E-state index is 12.5. The molecule has 2 aromatic heterocycles. The third-order valence-electron chi connectivity index (χ3n) is 5.22. The van der Waals surface area contributed by atoms with E-state index < -0.39 is 0 Å². The summed E-state index contributed by atoms with van der Waals surface area (Å²) >= 11 is 1.57. The van der Waals surface area contributed by atoms with Crippen LogP contribution in [-0.2, 0) is 4.74 Å². The first-order valence-corrected chi connectivity index (χ1v) is 9.65. The van der Waals surface area contributed by atoms with Crippen molar-refractivity contribution >= 4 is 17.2 Å². The molecule has 0 aromatic carbocycles. The number of likely N-dealkylation sites (tertiary alicyclic amines) is 1.